The van der Waals surface area contributed by atoms with Gasteiger partial charge in [-0.05, 0) is 43.0 Å². The Kier molecular flexibility index (Phi) is 4.91. The van der Waals surface area contributed by atoms with Crippen LogP contribution in [0.15, 0.2) is 66.9 Å². The number of rotatable bonds is 6. The van der Waals surface area contributed by atoms with Crippen LogP contribution >= 0.6 is 0 Å². The van der Waals surface area contributed by atoms with Gasteiger partial charge in [-0.1, -0.05) is 55.5 Å². The third-order valence-electron chi connectivity index (χ3n) is 5.90. The zero-order valence-corrected chi connectivity index (χ0v) is 17.4. The van der Waals surface area contributed by atoms with Gasteiger partial charge in [0.25, 0.3) is 0 Å². The third kappa shape index (κ3) is 3.78. The Morgan fingerprint density at radius 1 is 0.967 bits per heavy atom. The van der Waals surface area contributed by atoms with Crippen LogP contribution < -0.4 is 4.74 Å². The summed E-state index contributed by atoms with van der Waals surface area (Å²) in [6.45, 7) is 4.71. The number of ether oxygens (including phenoxy) is 1. The summed E-state index contributed by atoms with van der Waals surface area (Å²) in [5, 5.41) is 1.19. The molecule has 0 spiro atoms. The predicted octanol–water partition coefficient (Wildman–Crippen LogP) is 5.75. The van der Waals surface area contributed by atoms with Gasteiger partial charge in [0.2, 0.25) is 5.88 Å². The summed E-state index contributed by atoms with van der Waals surface area (Å²) in [5.74, 6) is 2.33. The lowest BCUT2D eigenvalue weighted by atomic mass is 10.1. The minimum Gasteiger partial charge on any atom is -0.477 e. The molecule has 2 atom stereocenters. The number of pyridine rings is 1. The molecule has 1 aliphatic rings. The molecule has 1 saturated carbocycles. The van der Waals surface area contributed by atoms with Crippen molar-refractivity contribution in [3.8, 4) is 17.0 Å². The highest BCUT2D eigenvalue weighted by Gasteiger charge is 2.40. The second-order valence-corrected chi connectivity index (χ2v) is 8.03. The van der Waals surface area contributed by atoms with Gasteiger partial charge in [-0.2, -0.15) is 4.98 Å². The minimum absolute atomic E-state index is 0.463. The second kappa shape index (κ2) is 7.86. The first-order chi connectivity index (χ1) is 14.7. The molecule has 2 aromatic heterocycles. The van der Waals surface area contributed by atoms with Crippen molar-refractivity contribution < 1.29 is 4.74 Å². The smallest absolute Gasteiger partial charge is 0.224 e. The summed E-state index contributed by atoms with van der Waals surface area (Å²) in [6.07, 6.45) is 4.00. The van der Waals surface area contributed by atoms with E-state index >= 15 is 0 Å². The van der Waals surface area contributed by atoms with Crippen molar-refractivity contribution >= 4 is 10.9 Å². The molecular formula is C26H25N3O. The molecule has 0 aliphatic heterocycles. The fourth-order valence-corrected chi connectivity index (χ4v) is 3.95. The molecule has 2 aromatic carbocycles. The molecule has 1 aliphatic carbocycles. The highest BCUT2D eigenvalue weighted by molar-refractivity contribution is 5.78. The van der Waals surface area contributed by atoms with Crippen LogP contribution in [-0.2, 0) is 6.42 Å². The van der Waals surface area contributed by atoms with Crippen LogP contribution in [0.1, 0.15) is 36.3 Å². The zero-order valence-electron chi connectivity index (χ0n) is 17.4. The first-order valence-electron chi connectivity index (χ1n) is 10.6. The monoisotopic (exact) mass is 395 g/mol. The number of para-hydroxylation sites is 1. The minimum atomic E-state index is 0.463. The Labute approximate surface area is 177 Å². The van der Waals surface area contributed by atoms with Crippen molar-refractivity contribution in [1.29, 1.82) is 0 Å². The van der Waals surface area contributed by atoms with Gasteiger partial charge in [0.1, 0.15) is 5.82 Å². The molecule has 0 unspecified atom stereocenters. The number of nitrogens with zero attached hydrogens (tertiary/aromatic N) is 3. The highest BCUT2D eigenvalue weighted by atomic mass is 16.5. The number of aromatic nitrogens is 3. The van der Waals surface area contributed by atoms with E-state index in [4.69, 9.17) is 9.72 Å². The first-order valence-corrected chi connectivity index (χ1v) is 10.6. The predicted molar refractivity (Wildman–Crippen MR) is 120 cm³/mol. The van der Waals surface area contributed by atoms with Crippen molar-refractivity contribution in [2.45, 2.75) is 32.6 Å². The van der Waals surface area contributed by atoms with E-state index < -0.39 is 0 Å². The normalized spacial score (nSPS) is 17.8. The number of fused-ring (bicyclic) bond motifs is 1. The molecule has 150 valence electrons. The fourth-order valence-electron chi connectivity index (χ4n) is 3.95. The van der Waals surface area contributed by atoms with Crippen molar-refractivity contribution in [3.05, 3.63) is 83.9 Å². The lowest BCUT2D eigenvalue weighted by molar-refractivity contribution is 0.285. The summed E-state index contributed by atoms with van der Waals surface area (Å²) in [4.78, 5) is 13.8. The molecular weight excluding hydrogens is 370 g/mol. The van der Waals surface area contributed by atoms with Crippen LogP contribution in [0.4, 0.5) is 0 Å². The molecule has 4 heteroatoms. The van der Waals surface area contributed by atoms with E-state index in [0.717, 1.165) is 41.0 Å². The summed E-state index contributed by atoms with van der Waals surface area (Å²) < 4.78 is 6.21. The van der Waals surface area contributed by atoms with E-state index in [0.29, 0.717) is 24.3 Å². The Bertz CT molecular complexity index is 1190. The standard InChI is InChI=1S/C26H25N3O/c1-3-18-8-10-19(11-9-18)23-15-27-17(2)28-26(23)30-16-21-14-22(21)25-13-12-20-6-4-5-7-24(20)29-25/h4-13,15,21-22H,3,14,16H2,1-2H3/t21-,22+/m1/s1. The van der Waals surface area contributed by atoms with Gasteiger partial charge >= 0.3 is 0 Å². The molecule has 5 rings (SSSR count). The van der Waals surface area contributed by atoms with Crippen molar-refractivity contribution in [2.24, 2.45) is 5.92 Å². The van der Waals surface area contributed by atoms with Crippen molar-refractivity contribution in [1.82, 2.24) is 15.0 Å². The maximum Gasteiger partial charge on any atom is 0.224 e. The van der Waals surface area contributed by atoms with Gasteiger partial charge in [0, 0.05) is 29.1 Å². The zero-order chi connectivity index (χ0) is 20.5. The largest absolute Gasteiger partial charge is 0.477 e. The molecule has 2 heterocycles. The molecule has 0 saturated heterocycles. The van der Waals surface area contributed by atoms with Crippen LogP contribution in [0.25, 0.3) is 22.0 Å². The Balaban J connectivity index is 1.31. The average Bonchev–Trinajstić information content (AvgIpc) is 3.57. The van der Waals surface area contributed by atoms with Crippen LogP contribution in [0.5, 0.6) is 5.88 Å². The van der Waals surface area contributed by atoms with Crippen LogP contribution in [0, 0.1) is 12.8 Å². The summed E-state index contributed by atoms with van der Waals surface area (Å²) in [5.41, 5.74) is 5.58. The van der Waals surface area contributed by atoms with Gasteiger partial charge in [0.05, 0.1) is 17.7 Å². The molecule has 4 aromatic rings. The van der Waals surface area contributed by atoms with Crippen molar-refractivity contribution in [2.75, 3.05) is 6.61 Å². The molecule has 4 nitrogen and oxygen atoms in total. The van der Waals surface area contributed by atoms with Gasteiger partial charge in [0.15, 0.2) is 0 Å². The van der Waals surface area contributed by atoms with Gasteiger partial charge in [-0.25, -0.2) is 4.98 Å². The third-order valence-corrected chi connectivity index (χ3v) is 5.90. The molecule has 30 heavy (non-hydrogen) atoms. The van der Waals surface area contributed by atoms with Crippen molar-refractivity contribution in [3.63, 3.8) is 0 Å². The van der Waals surface area contributed by atoms with Gasteiger partial charge in [-0.15, -0.1) is 0 Å². The van der Waals surface area contributed by atoms with E-state index in [1.165, 1.54) is 10.9 Å². The lowest BCUT2D eigenvalue weighted by Gasteiger charge is -2.11. The first kappa shape index (κ1) is 18.7. The summed E-state index contributed by atoms with van der Waals surface area (Å²) in [6, 6.07) is 21.1. The van der Waals surface area contributed by atoms with Crippen LogP contribution in [-0.4, -0.2) is 21.6 Å². The highest BCUT2D eigenvalue weighted by Crippen LogP contribution is 2.47. The lowest BCUT2D eigenvalue weighted by Crippen LogP contribution is -2.05. The van der Waals surface area contributed by atoms with Crippen LogP contribution in [0.3, 0.4) is 0 Å². The molecule has 1 fully saturated rings. The van der Waals surface area contributed by atoms with Crippen LogP contribution in [0.2, 0.25) is 0 Å². The summed E-state index contributed by atoms with van der Waals surface area (Å²) in [7, 11) is 0. The SMILES string of the molecule is CCc1ccc(-c2cnc(C)nc2OC[C@H]2C[C@@H]2c2ccc3ccccc3n2)cc1. The molecule has 0 N–H and O–H groups in total. The fraction of sp³-hybridized carbons (Fsp3) is 0.269. The molecule has 0 bridgehead atoms. The summed E-state index contributed by atoms with van der Waals surface area (Å²) >= 11 is 0. The van der Waals surface area contributed by atoms with E-state index in [2.05, 4.69) is 71.5 Å². The van der Waals surface area contributed by atoms with E-state index in [1.807, 2.05) is 19.2 Å². The number of hydrogen-bond donors (Lipinski definition) is 0. The topological polar surface area (TPSA) is 47.9 Å². The molecule has 0 radical (unpaired) electrons. The van der Waals surface area contributed by atoms with E-state index in [9.17, 15) is 0 Å². The van der Waals surface area contributed by atoms with Gasteiger partial charge in [-0.3, -0.25) is 4.98 Å². The number of aryl methyl sites for hydroxylation is 2. The quantitative estimate of drug-likeness (QED) is 0.417. The van der Waals surface area contributed by atoms with E-state index in [1.54, 1.807) is 0 Å². The second-order valence-electron chi connectivity index (χ2n) is 8.03. The number of hydrogen-bond acceptors (Lipinski definition) is 4. The Morgan fingerprint density at radius 3 is 2.63 bits per heavy atom. The number of benzene rings is 2. The average molecular weight is 396 g/mol. The maximum absolute atomic E-state index is 6.21. The molecule has 0 amide bonds. The Morgan fingerprint density at radius 2 is 1.80 bits per heavy atom. The van der Waals surface area contributed by atoms with E-state index in [-0.39, 0.29) is 0 Å². The Hall–Kier alpha value is -3.27. The maximum atomic E-state index is 6.21. The van der Waals surface area contributed by atoms with Gasteiger partial charge < -0.3 is 4.74 Å².